The molecule has 0 spiro atoms. The van der Waals surface area contributed by atoms with E-state index in [9.17, 15) is 0 Å². The molecule has 3 aromatic rings. The molecule has 0 aliphatic carbocycles. The molecule has 5 nitrogen and oxygen atoms in total. The summed E-state index contributed by atoms with van der Waals surface area (Å²) >= 11 is 11.2. The minimum absolute atomic E-state index is 0.394. The summed E-state index contributed by atoms with van der Waals surface area (Å²) in [6, 6.07) is 22.7. The third-order valence-corrected chi connectivity index (χ3v) is 4.31. The standard InChI is InChI=1S/C22H20ClN3O2S/c1-27-21-13-16(14-24-26-22(29)25-19-8-3-2-4-9-19)10-11-20(21)28-15-17-6-5-7-18(23)12-17/h2-14H,15H2,1H3,(H2,25,26,29). The van der Waals surface area contributed by atoms with E-state index in [-0.39, 0.29) is 0 Å². The predicted octanol–water partition coefficient (Wildman–Crippen LogP) is 5.25. The third kappa shape index (κ3) is 6.48. The summed E-state index contributed by atoms with van der Waals surface area (Å²) in [6.45, 7) is 0.394. The van der Waals surface area contributed by atoms with Crippen LogP contribution in [0, 0.1) is 0 Å². The first-order valence-corrected chi connectivity index (χ1v) is 9.63. The zero-order chi connectivity index (χ0) is 20.5. The molecule has 0 unspecified atom stereocenters. The smallest absolute Gasteiger partial charge is 0.191 e. The molecule has 3 aromatic carbocycles. The lowest BCUT2D eigenvalue weighted by atomic mass is 10.2. The summed E-state index contributed by atoms with van der Waals surface area (Å²) in [5.41, 5.74) is 5.50. The lowest BCUT2D eigenvalue weighted by Crippen LogP contribution is -2.23. The normalized spacial score (nSPS) is 10.6. The van der Waals surface area contributed by atoms with Crippen molar-refractivity contribution in [2.75, 3.05) is 12.4 Å². The molecule has 0 saturated carbocycles. The van der Waals surface area contributed by atoms with Crippen molar-refractivity contribution >= 4 is 40.8 Å². The largest absolute Gasteiger partial charge is 0.493 e. The molecule has 0 radical (unpaired) electrons. The molecule has 0 fully saturated rings. The number of anilines is 1. The first-order chi connectivity index (χ1) is 14.1. The van der Waals surface area contributed by atoms with Crippen LogP contribution in [0.2, 0.25) is 5.02 Å². The first-order valence-electron chi connectivity index (χ1n) is 8.84. The Hall–Kier alpha value is -3.09. The fourth-order valence-corrected chi connectivity index (χ4v) is 2.90. The number of methoxy groups -OCH3 is 1. The molecule has 2 N–H and O–H groups in total. The van der Waals surface area contributed by atoms with Crippen molar-refractivity contribution < 1.29 is 9.47 Å². The van der Waals surface area contributed by atoms with Gasteiger partial charge in [-0.25, -0.2) is 0 Å². The van der Waals surface area contributed by atoms with E-state index >= 15 is 0 Å². The lowest BCUT2D eigenvalue weighted by molar-refractivity contribution is 0.284. The van der Waals surface area contributed by atoms with Gasteiger partial charge in [0.25, 0.3) is 0 Å². The summed E-state index contributed by atoms with van der Waals surface area (Å²) in [7, 11) is 1.60. The summed E-state index contributed by atoms with van der Waals surface area (Å²) in [5, 5.41) is 8.29. The second kappa shape index (κ2) is 10.5. The van der Waals surface area contributed by atoms with Gasteiger partial charge in [0.2, 0.25) is 0 Å². The Morgan fingerprint density at radius 2 is 1.86 bits per heavy atom. The van der Waals surface area contributed by atoms with Crippen LogP contribution in [0.25, 0.3) is 0 Å². The average Bonchev–Trinajstić information content (AvgIpc) is 2.73. The van der Waals surface area contributed by atoms with Crippen LogP contribution in [0.5, 0.6) is 11.5 Å². The number of para-hydroxylation sites is 1. The van der Waals surface area contributed by atoms with Crippen LogP contribution in [0.1, 0.15) is 11.1 Å². The van der Waals surface area contributed by atoms with Crippen molar-refractivity contribution in [3.05, 3.63) is 88.9 Å². The number of nitrogens with zero attached hydrogens (tertiary/aromatic N) is 1. The molecular weight excluding hydrogens is 406 g/mol. The molecular formula is C22H20ClN3O2S. The van der Waals surface area contributed by atoms with Gasteiger partial charge in [0.15, 0.2) is 16.6 Å². The quantitative estimate of drug-likeness (QED) is 0.307. The Kier molecular flexibility index (Phi) is 7.44. The van der Waals surface area contributed by atoms with Crippen molar-refractivity contribution in [1.29, 1.82) is 0 Å². The van der Waals surface area contributed by atoms with E-state index in [1.54, 1.807) is 13.3 Å². The van der Waals surface area contributed by atoms with Crippen LogP contribution in [0.3, 0.4) is 0 Å². The van der Waals surface area contributed by atoms with Crippen LogP contribution in [0.15, 0.2) is 77.9 Å². The second-order valence-electron chi connectivity index (χ2n) is 6.02. The Morgan fingerprint density at radius 1 is 1.03 bits per heavy atom. The van der Waals surface area contributed by atoms with E-state index < -0.39 is 0 Å². The minimum atomic E-state index is 0.394. The zero-order valence-corrected chi connectivity index (χ0v) is 17.3. The maximum absolute atomic E-state index is 6.01. The van der Waals surface area contributed by atoms with Gasteiger partial charge >= 0.3 is 0 Å². The second-order valence-corrected chi connectivity index (χ2v) is 6.86. The molecule has 0 aliphatic rings. The fraction of sp³-hybridized carbons (Fsp3) is 0.0909. The highest BCUT2D eigenvalue weighted by Gasteiger charge is 2.06. The van der Waals surface area contributed by atoms with Crippen LogP contribution in [-0.2, 0) is 6.61 Å². The van der Waals surface area contributed by atoms with Gasteiger partial charge in [-0.15, -0.1) is 0 Å². The molecule has 0 heterocycles. The molecule has 0 bridgehead atoms. The molecule has 0 atom stereocenters. The number of halogens is 1. The van der Waals surface area contributed by atoms with E-state index in [2.05, 4.69) is 15.8 Å². The Morgan fingerprint density at radius 3 is 2.62 bits per heavy atom. The maximum Gasteiger partial charge on any atom is 0.191 e. The fourth-order valence-electron chi connectivity index (χ4n) is 2.52. The molecule has 0 saturated heterocycles. The monoisotopic (exact) mass is 425 g/mol. The molecule has 3 rings (SSSR count). The Labute approximate surface area is 180 Å². The average molecular weight is 426 g/mol. The minimum Gasteiger partial charge on any atom is -0.493 e. The Bertz CT molecular complexity index is 996. The van der Waals surface area contributed by atoms with E-state index in [0.29, 0.717) is 28.2 Å². The van der Waals surface area contributed by atoms with Crippen molar-refractivity contribution in [3.63, 3.8) is 0 Å². The number of thiocarbonyl (C=S) groups is 1. The molecule has 0 aromatic heterocycles. The number of hydrogen-bond acceptors (Lipinski definition) is 4. The number of hydrazone groups is 1. The van der Waals surface area contributed by atoms with Crippen LogP contribution < -0.4 is 20.2 Å². The van der Waals surface area contributed by atoms with Crippen LogP contribution in [0.4, 0.5) is 5.69 Å². The van der Waals surface area contributed by atoms with Crippen molar-refractivity contribution in [2.45, 2.75) is 6.61 Å². The highest BCUT2D eigenvalue weighted by Crippen LogP contribution is 2.28. The maximum atomic E-state index is 6.01. The van der Waals surface area contributed by atoms with Gasteiger partial charge in [-0.2, -0.15) is 5.10 Å². The van der Waals surface area contributed by atoms with Crippen molar-refractivity contribution in [2.24, 2.45) is 5.10 Å². The number of hydrogen-bond donors (Lipinski definition) is 2. The van der Waals surface area contributed by atoms with Gasteiger partial charge in [-0.05, 0) is 65.8 Å². The topological polar surface area (TPSA) is 54.9 Å². The van der Waals surface area contributed by atoms with Gasteiger partial charge in [0.05, 0.1) is 13.3 Å². The summed E-state index contributed by atoms with van der Waals surface area (Å²) in [5.74, 6) is 1.25. The van der Waals surface area contributed by atoms with E-state index in [0.717, 1.165) is 16.8 Å². The van der Waals surface area contributed by atoms with Gasteiger partial charge in [0, 0.05) is 10.7 Å². The van der Waals surface area contributed by atoms with Crippen molar-refractivity contribution in [1.82, 2.24) is 5.43 Å². The zero-order valence-electron chi connectivity index (χ0n) is 15.8. The molecule has 148 valence electrons. The number of benzene rings is 3. The number of rotatable bonds is 7. The van der Waals surface area contributed by atoms with Crippen LogP contribution in [-0.4, -0.2) is 18.4 Å². The van der Waals surface area contributed by atoms with Gasteiger partial charge in [-0.3, -0.25) is 5.43 Å². The summed E-state index contributed by atoms with van der Waals surface area (Å²) in [6.07, 6.45) is 1.66. The molecule has 0 aliphatic heterocycles. The van der Waals surface area contributed by atoms with Gasteiger partial charge < -0.3 is 14.8 Å². The first kappa shape index (κ1) is 20.6. The van der Waals surface area contributed by atoms with Gasteiger partial charge in [0.1, 0.15) is 6.61 Å². The van der Waals surface area contributed by atoms with Gasteiger partial charge in [-0.1, -0.05) is 41.9 Å². The van der Waals surface area contributed by atoms with E-state index in [1.165, 1.54) is 0 Å². The summed E-state index contributed by atoms with van der Waals surface area (Å²) < 4.78 is 11.3. The third-order valence-electron chi connectivity index (χ3n) is 3.88. The number of ether oxygens (including phenoxy) is 2. The van der Waals surface area contributed by atoms with E-state index in [4.69, 9.17) is 33.3 Å². The molecule has 0 amide bonds. The predicted molar refractivity (Wildman–Crippen MR) is 122 cm³/mol. The molecule has 29 heavy (non-hydrogen) atoms. The van der Waals surface area contributed by atoms with E-state index in [1.807, 2.05) is 72.8 Å². The highest BCUT2D eigenvalue weighted by atomic mass is 35.5. The molecule has 7 heteroatoms. The van der Waals surface area contributed by atoms with Crippen molar-refractivity contribution in [3.8, 4) is 11.5 Å². The highest BCUT2D eigenvalue weighted by molar-refractivity contribution is 7.80. The Balaban J connectivity index is 1.57. The SMILES string of the molecule is COc1cc(C=NNC(=S)Nc2ccccc2)ccc1OCc1cccc(Cl)c1. The lowest BCUT2D eigenvalue weighted by Gasteiger charge is -2.11. The number of nitrogens with one attached hydrogen (secondary N) is 2. The summed E-state index contributed by atoms with van der Waals surface area (Å²) in [4.78, 5) is 0. The van der Waals surface area contributed by atoms with Crippen LogP contribution >= 0.6 is 23.8 Å².